The van der Waals surface area contributed by atoms with Crippen LogP contribution < -0.4 is 0 Å². The fraction of sp³-hybridized carbons (Fsp3) is 0.231. The summed E-state index contributed by atoms with van der Waals surface area (Å²) in [6.07, 6.45) is 7.38. The minimum absolute atomic E-state index is 0.137. The largest absolute Gasteiger partial charge is 0.302 e. The summed E-state index contributed by atoms with van der Waals surface area (Å²) in [5, 5.41) is 0. The number of benzene rings is 1. The van der Waals surface area contributed by atoms with Crippen molar-refractivity contribution >= 4 is 18.6 Å². The van der Waals surface area contributed by atoms with Crippen molar-refractivity contribution in [3.05, 3.63) is 41.5 Å². The Balaban J connectivity index is 2.56. The smallest absolute Gasteiger partial charge is 0.199 e. The first-order valence-electron chi connectivity index (χ1n) is 4.90. The quantitative estimate of drug-likeness (QED) is 0.698. The maximum Gasteiger partial charge on any atom is 0.199 e. The Labute approximate surface area is 88.6 Å². The number of allylic oxidation sites excluding steroid dienone is 1. The maximum absolute atomic E-state index is 11.2. The molecule has 2 rings (SSSR count). The summed E-state index contributed by atoms with van der Waals surface area (Å²) in [5.41, 5.74) is 1.27. The van der Waals surface area contributed by atoms with Crippen LogP contribution in [0, 0.1) is 0 Å². The van der Waals surface area contributed by atoms with E-state index in [9.17, 15) is 9.59 Å². The van der Waals surface area contributed by atoms with E-state index in [0.29, 0.717) is 6.42 Å². The second-order valence-electron chi connectivity index (χ2n) is 3.79. The van der Waals surface area contributed by atoms with E-state index in [1.54, 1.807) is 0 Å². The van der Waals surface area contributed by atoms with Crippen LogP contribution in [0.2, 0.25) is 0 Å². The lowest BCUT2D eigenvalue weighted by Crippen LogP contribution is -2.30. The van der Waals surface area contributed by atoms with E-state index in [1.807, 2.05) is 42.7 Å². The molecular weight excluding hydrogens is 188 g/mol. The van der Waals surface area contributed by atoms with Gasteiger partial charge in [0.15, 0.2) is 6.29 Å². The van der Waals surface area contributed by atoms with E-state index in [-0.39, 0.29) is 6.42 Å². The molecule has 75 valence electrons. The number of hydrogen-bond donors (Lipinski definition) is 0. The summed E-state index contributed by atoms with van der Waals surface area (Å²) in [7, 11) is 0. The molecule has 15 heavy (non-hydrogen) atoms. The summed E-state index contributed by atoms with van der Waals surface area (Å²) in [5.74, 6) is 0. The van der Waals surface area contributed by atoms with Gasteiger partial charge in [0.2, 0.25) is 0 Å². The topological polar surface area (TPSA) is 34.1 Å². The number of rotatable bonds is 3. The van der Waals surface area contributed by atoms with Crippen molar-refractivity contribution in [3.63, 3.8) is 0 Å². The van der Waals surface area contributed by atoms with Crippen molar-refractivity contribution in [3.8, 4) is 0 Å². The van der Waals surface area contributed by atoms with E-state index in [0.717, 1.165) is 17.4 Å². The van der Waals surface area contributed by atoms with Crippen LogP contribution >= 0.6 is 0 Å². The highest BCUT2D eigenvalue weighted by Crippen LogP contribution is 2.36. The molecule has 1 aliphatic carbocycles. The first-order chi connectivity index (χ1) is 7.32. The predicted octanol–water partition coefficient (Wildman–Crippen LogP) is 2.04. The molecule has 0 aromatic heterocycles. The van der Waals surface area contributed by atoms with Gasteiger partial charge in [-0.2, -0.15) is 0 Å². The van der Waals surface area contributed by atoms with Gasteiger partial charge in [0.1, 0.15) is 6.29 Å². The zero-order valence-corrected chi connectivity index (χ0v) is 8.27. The number of carbonyl (C=O) groups excluding carboxylic acids is 2. The number of hydrogen-bond acceptors (Lipinski definition) is 2. The van der Waals surface area contributed by atoms with Gasteiger partial charge in [0, 0.05) is 6.42 Å². The minimum atomic E-state index is -0.687. The molecule has 2 nitrogen and oxygen atoms in total. The van der Waals surface area contributed by atoms with Crippen LogP contribution in [-0.4, -0.2) is 12.6 Å². The molecule has 0 N–H and O–H groups in total. The number of fused-ring (bicyclic) bond motifs is 1. The monoisotopic (exact) mass is 199 g/mol. The van der Waals surface area contributed by atoms with Crippen LogP contribution in [0.5, 0.6) is 0 Å². The highest BCUT2D eigenvalue weighted by Gasteiger charge is 2.34. The van der Waals surface area contributed by atoms with Crippen LogP contribution in [0.25, 0.3) is 6.08 Å². The molecule has 1 atom stereocenters. The molecule has 2 heteroatoms. The second kappa shape index (κ2) is 3.81. The SMILES string of the molecule is O=[C]CC1(C=O)CC=Cc2ccccc21. The van der Waals surface area contributed by atoms with Gasteiger partial charge >= 0.3 is 0 Å². The van der Waals surface area contributed by atoms with Gasteiger partial charge in [-0.05, 0) is 17.5 Å². The molecule has 0 bridgehead atoms. The third kappa shape index (κ3) is 1.52. The average molecular weight is 199 g/mol. The molecule has 1 radical (unpaired) electrons. The first-order valence-corrected chi connectivity index (χ1v) is 4.90. The van der Waals surface area contributed by atoms with E-state index < -0.39 is 5.41 Å². The zero-order valence-electron chi connectivity index (χ0n) is 8.27. The lowest BCUT2D eigenvalue weighted by molar-refractivity contribution is -0.112. The molecule has 0 saturated carbocycles. The van der Waals surface area contributed by atoms with Crippen molar-refractivity contribution in [2.75, 3.05) is 0 Å². The van der Waals surface area contributed by atoms with Crippen LogP contribution in [0.15, 0.2) is 30.3 Å². The standard InChI is InChI=1S/C13H11O2/c14-9-8-13(10-15)7-3-5-11-4-1-2-6-12(11)13/h1-6,10H,7-8H2. The molecule has 0 fully saturated rings. The minimum Gasteiger partial charge on any atom is -0.302 e. The van der Waals surface area contributed by atoms with E-state index >= 15 is 0 Å². The predicted molar refractivity (Wildman–Crippen MR) is 58.1 cm³/mol. The van der Waals surface area contributed by atoms with Crippen LogP contribution in [-0.2, 0) is 15.0 Å². The van der Waals surface area contributed by atoms with Gasteiger partial charge in [-0.3, -0.25) is 4.79 Å². The highest BCUT2D eigenvalue weighted by molar-refractivity contribution is 5.79. The fourth-order valence-corrected chi connectivity index (χ4v) is 2.05. The van der Waals surface area contributed by atoms with Gasteiger partial charge in [-0.1, -0.05) is 36.4 Å². The Morgan fingerprint density at radius 2 is 2.20 bits per heavy atom. The third-order valence-corrected chi connectivity index (χ3v) is 2.89. The molecule has 0 spiro atoms. The lowest BCUT2D eigenvalue weighted by atomic mass is 9.72. The Morgan fingerprint density at radius 3 is 2.93 bits per heavy atom. The van der Waals surface area contributed by atoms with Crippen molar-refractivity contribution in [1.29, 1.82) is 0 Å². The van der Waals surface area contributed by atoms with Gasteiger partial charge < -0.3 is 4.79 Å². The molecule has 0 heterocycles. The molecule has 0 aliphatic heterocycles. The Hall–Kier alpha value is -1.70. The van der Waals surface area contributed by atoms with Crippen molar-refractivity contribution in [2.45, 2.75) is 18.3 Å². The fourth-order valence-electron chi connectivity index (χ4n) is 2.05. The van der Waals surface area contributed by atoms with Gasteiger partial charge in [0.25, 0.3) is 0 Å². The molecular formula is C13H11O2. The molecule has 1 unspecified atom stereocenters. The van der Waals surface area contributed by atoms with Gasteiger partial charge in [0.05, 0.1) is 5.41 Å². The normalized spacial score (nSPS) is 23.2. The number of carbonyl (C=O) groups is 1. The van der Waals surface area contributed by atoms with Crippen molar-refractivity contribution < 1.29 is 9.59 Å². The lowest BCUT2D eigenvalue weighted by Gasteiger charge is -2.29. The van der Waals surface area contributed by atoms with E-state index in [4.69, 9.17) is 0 Å². The molecule has 1 aromatic rings. The zero-order chi connectivity index (χ0) is 10.7. The van der Waals surface area contributed by atoms with Crippen molar-refractivity contribution in [2.24, 2.45) is 0 Å². The van der Waals surface area contributed by atoms with Crippen molar-refractivity contribution in [1.82, 2.24) is 0 Å². The summed E-state index contributed by atoms with van der Waals surface area (Å²) in [6, 6.07) is 7.67. The molecule has 0 saturated heterocycles. The average Bonchev–Trinajstić information content (AvgIpc) is 2.30. The van der Waals surface area contributed by atoms with Crippen LogP contribution in [0.3, 0.4) is 0 Å². The van der Waals surface area contributed by atoms with Crippen LogP contribution in [0.1, 0.15) is 24.0 Å². The Morgan fingerprint density at radius 1 is 1.40 bits per heavy atom. The second-order valence-corrected chi connectivity index (χ2v) is 3.79. The Bertz CT molecular complexity index is 420. The van der Waals surface area contributed by atoms with Gasteiger partial charge in [-0.15, -0.1) is 0 Å². The molecule has 0 amide bonds. The highest BCUT2D eigenvalue weighted by atomic mass is 16.1. The summed E-state index contributed by atoms with van der Waals surface area (Å²) < 4.78 is 0. The summed E-state index contributed by atoms with van der Waals surface area (Å²) in [6.45, 7) is 0. The maximum atomic E-state index is 11.2. The number of aldehydes is 1. The third-order valence-electron chi connectivity index (χ3n) is 2.89. The summed E-state index contributed by atoms with van der Waals surface area (Å²) in [4.78, 5) is 21.8. The van der Waals surface area contributed by atoms with Gasteiger partial charge in [-0.25, -0.2) is 0 Å². The summed E-state index contributed by atoms with van der Waals surface area (Å²) >= 11 is 0. The first kappa shape index (κ1) is 9.84. The van der Waals surface area contributed by atoms with Crippen LogP contribution in [0.4, 0.5) is 0 Å². The molecule has 1 aliphatic rings. The van der Waals surface area contributed by atoms with E-state index in [1.165, 1.54) is 0 Å². The molecule has 1 aromatic carbocycles. The van der Waals surface area contributed by atoms with E-state index in [2.05, 4.69) is 0 Å². The Kier molecular flexibility index (Phi) is 2.50.